The van der Waals surface area contributed by atoms with Crippen LogP contribution in [0.5, 0.6) is 0 Å². The predicted octanol–water partition coefficient (Wildman–Crippen LogP) is -0.547. The fourth-order valence-electron chi connectivity index (χ4n) is 0.204. The molecule has 0 fully saturated rings. The van der Waals surface area contributed by atoms with Crippen LogP contribution in [-0.2, 0) is 4.65 Å². The average molecular weight is 134 g/mol. The summed E-state index contributed by atoms with van der Waals surface area (Å²) < 4.78 is 16.1. The first kappa shape index (κ1) is 8.61. The molecular formula is C4H8BFO3. The molecule has 0 aliphatic carbocycles. The maximum Gasteiger partial charge on any atom is 0.437 e. The second-order valence-corrected chi connectivity index (χ2v) is 1.66. The Morgan fingerprint density at radius 3 is 2.44 bits per heavy atom. The van der Waals surface area contributed by atoms with Gasteiger partial charge in [0.2, 0.25) is 5.79 Å². The summed E-state index contributed by atoms with van der Waals surface area (Å²) in [6.45, 7) is 3.84. The van der Waals surface area contributed by atoms with Crippen LogP contribution < -0.4 is 0 Å². The highest BCUT2D eigenvalue weighted by Gasteiger charge is 2.24. The minimum atomic E-state index is -2.06. The second kappa shape index (κ2) is 2.96. The van der Waals surface area contributed by atoms with Gasteiger partial charge >= 0.3 is 7.69 Å². The van der Waals surface area contributed by atoms with Crippen molar-refractivity contribution in [3.8, 4) is 0 Å². The Labute approximate surface area is 53.1 Å². The van der Waals surface area contributed by atoms with Gasteiger partial charge in [-0.15, -0.1) is 0 Å². The van der Waals surface area contributed by atoms with Crippen LogP contribution in [-0.4, -0.2) is 23.6 Å². The number of rotatable bonds is 3. The maximum absolute atomic E-state index is 12.0. The van der Waals surface area contributed by atoms with Gasteiger partial charge in [0.1, 0.15) is 0 Å². The fraction of sp³-hybridized carbons (Fsp3) is 0.500. The molecule has 0 saturated carbocycles. The normalized spacial score (nSPS) is 16.4. The molecule has 5 heteroatoms. The molecule has 1 atom stereocenters. The van der Waals surface area contributed by atoms with E-state index in [0.717, 1.165) is 6.92 Å². The summed E-state index contributed by atoms with van der Waals surface area (Å²) in [5.74, 6) is -3.09. The summed E-state index contributed by atoms with van der Waals surface area (Å²) in [5, 5.41) is 16.8. The molecule has 0 aliphatic rings. The number of aliphatic hydroxyl groups is 1. The van der Waals surface area contributed by atoms with Crippen LogP contribution in [0.15, 0.2) is 12.4 Å². The zero-order valence-corrected chi connectivity index (χ0v) is 5.09. The standard InChI is InChI=1S/C4H8BFO3/c1-3(6)4(2,7)9-5-8/h5,7-8H,1H2,2H3. The van der Waals surface area contributed by atoms with Gasteiger partial charge < -0.3 is 14.8 Å². The SMILES string of the molecule is C=C(F)C(C)(O)OBO. The van der Waals surface area contributed by atoms with Gasteiger partial charge in [0.05, 0.1) is 0 Å². The van der Waals surface area contributed by atoms with Crippen molar-refractivity contribution in [2.45, 2.75) is 12.7 Å². The summed E-state index contributed by atoms with van der Waals surface area (Å²) in [6, 6.07) is 0. The Kier molecular flexibility index (Phi) is 2.83. The summed E-state index contributed by atoms with van der Waals surface area (Å²) in [7, 11) is -0.740. The highest BCUT2D eigenvalue weighted by atomic mass is 19.1. The highest BCUT2D eigenvalue weighted by molar-refractivity contribution is 6.16. The van der Waals surface area contributed by atoms with Crippen LogP contribution in [0.3, 0.4) is 0 Å². The zero-order valence-electron chi connectivity index (χ0n) is 5.09. The summed E-state index contributed by atoms with van der Waals surface area (Å²) in [6.07, 6.45) is 0. The van der Waals surface area contributed by atoms with Crippen LogP contribution in [0, 0.1) is 0 Å². The minimum absolute atomic E-state index is 0.740. The molecule has 0 heterocycles. The molecular weight excluding hydrogens is 126 g/mol. The van der Waals surface area contributed by atoms with Crippen molar-refractivity contribution in [3.63, 3.8) is 0 Å². The van der Waals surface area contributed by atoms with Crippen molar-refractivity contribution in [1.29, 1.82) is 0 Å². The van der Waals surface area contributed by atoms with Crippen LogP contribution in [0.4, 0.5) is 4.39 Å². The smallest absolute Gasteiger partial charge is 0.430 e. The molecule has 0 rings (SSSR count). The number of hydrogen-bond donors (Lipinski definition) is 2. The van der Waals surface area contributed by atoms with E-state index in [1.165, 1.54) is 0 Å². The monoisotopic (exact) mass is 134 g/mol. The van der Waals surface area contributed by atoms with Crippen LogP contribution >= 0.6 is 0 Å². The third-order valence-electron chi connectivity index (χ3n) is 0.849. The molecule has 0 aliphatic heterocycles. The molecule has 0 spiro atoms. The molecule has 0 saturated heterocycles. The van der Waals surface area contributed by atoms with Gasteiger partial charge in [-0.3, -0.25) is 0 Å². The zero-order chi connectivity index (χ0) is 7.49. The molecule has 3 nitrogen and oxygen atoms in total. The van der Waals surface area contributed by atoms with E-state index in [-0.39, 0.29) is 0 Å². The molecule has 0 aromatic heterocycles. The van der Waals surface area contributed by atoms with E-state index < -0.39 is 19.3 Å². The van der Waals surface area contributed by atoms with Gasteiger partial charge in [0, 0.05) is 0 Å². The summed E-state index contributed by atoms with van der Waals surface area (Å²) in [5.41, 5.74) is 0. The Balaban J connectivity index is 3.85. The van der Waals surface area contributed by atoms with E-state index in [2.05, 4.69) is 11.2 Å². The lowest BCUT2D eigenvalue weighted by molar-refractivity contribution is -0.109. The highest BCUT2D eigenvalue weighted by Crippen LogP contribution is 2.15. The predicted molar refractivity (Wildman–Crippen MR) is 31.3 cm³/mol. The van der Waals surface area contributed by atoms with Crippen LogP contribution in [0.2, 0.25) is 0 Å². The van der Waals surface area contributed by atoms with Crippen LogP contribution in [0.1, 0.15) is 6.92 Å². The molecule has 52 valence electrons. The third kappa shape index (κ3) is 2.60. The third-order valence-corrected chi connectivity index (χ3v) is 0.849. The van der Waals surface area contributed by atoms with E-state index in [1.54, 1.807) is 0 Å². The lowest BCUT2D eigenvalue weighted by atomic mass is 10.2. The van der Waals surface area contributed by atoms with Gasteiger partial charge in [-0.25, -0.2) is 4.39 Å². The van der Waals surface area contributed by atoms with Gasteiger partial charge in [0.25, 0.3) is 0 Å². The topological polar surface area (TPSA) is 49.7 Å². The lowest BCUT2D eigenvalue weighted by Crippen LogP contribution is -2.30. The number of halogens is 1. The fourth-order valence-corrected chi connectivity index (χ4v) is 0.204. The van der Waals surface area contributed by atoms with Crippen molar-refractivity contribution in [3.05, 3.63) is 12.4 Å². The maximum atomic E-state index is 12.0. The molecule has 0 amide bonds. The largest absolute Gasteiger partial charge is 0.437 e. The summed E-state index contributed by atoms with van der Waals surface area (Å²) >= 11 is 0. The molecule has 0 radical (unpaired) electrons. The first-order valence-electron chi connectivity index (χ1n) is 2.33. The van der Waals surface area contributed by atoms with E-state index in [1.807, 2.05) is 0 Å². The van der Waals surface area contributed by atoms with Gasteiger partial charge in [0.15, 0.2) is 5.83 Å². The minimum Gasteiger partial charge on any atom is -0.430 e. The second-order valence-electron chi connectivity index (χ2n) is 1.66. The van der Waals surface area contributed by atoms with Crippen LogP contribution in [0.25, 0.3) is 0 Å². The van der Waals surface area contributed by atoms with E-state index in [4.69, 9.17) is 10.1 Å². The molecule has 0 aromatic rings. The van der Waals surface area contributed by atoms with Crippen molar-refractivity contribution in [1.82, 2.24) is 0 Å². The quantitative estimate of drug-likeness (QED) is 0.402. The Bertz CT molecular complexity index is 114. The molecule has 2 N–H and O–H groups in total. The van der Waals surface area contributed by atoms with Crippen molar-refractivity contribution in [2.24, 2.45) is 0 Å². The Morgan fingerprint density at radius 1 is 1.89 bits per heavy atom. The molecule has 0 bridgehead atoms. The number of hydrogen-bond acceptors (Lipinski definition) is 3. The molecule has 0 aromatic carbocycles. The molecule has 1 unspecified atom stereocenters. The van der Waals surface area contributed by atoms with E-state index >= 15 is 0 Å². The van der Waals surface area contributed by atoms with Gasteiger partial charge in [-0.2, -0.15) is 0 Å². The van der Waals surface area contributed by atoms with Gasteiger partial charge in [-0.05, 0) is 6.92 Å². The summed E-state index contributed by atoms with van der Waals surface area (Å²) in [4.78, 5) is 0. The van der Waals surface area contributed by atoms with Crippen molar-refractivity contribution >= 4 is 7.69 Å². The first-order valence-corrected chi connectivity index (χ1v) is 2.33. The van der Waals surface area contributed by atoms with Crippen molar-refractivity contribution < 1.29 is 19.2 Å². The average Bonchev–Trinajstić information content (AvgIpc) is 1.65. The van der Waals surface area contributed by atoms with E-state index in [0.29, 0.717) is 0 Å². The van der Waals surface area contributed by atoms with Crippen molar-refractivity contribution in [2.75, 3.05) is 0 Å². The lowest BCUT2D eigenvalue weighted by Gasteiger charge is -2.19. The van der Waals surface area contributed by atoms with E-state index in [9.17, 15) is 4.39 Å². The Morgan fingerprint density at radius 2 is 2.33 bits per heavy atom. The Hall–Kier alpha value is -0.385. The first-order chi connectivity index (χ1) is 4.00. The van der Waals surface area contributed by atoms with Gasteiger partial charge in [-0.1, -0.05) is 6.58 Å². The molecule has 9 heavy (non-hydrogen) atoms.